The van der Waals surface area contributed by atoms with Gasteiger partial charge in [-0.25, -0.2) is 18.7 Å². The highest BCUT2D eigenvalue weighted by Crippen LogP contribution is 2.28. The van der Waals surface area contributed by atoms with Gasteiger partial charge in [-0.05, 0) is 50.4 Å². The average molecular weight is 566 g/mol. The van der Waals surface area contributed by atoms with Crippen molar-refractivity contribution in [1.29, 1.82) is 0 Å². The summed E-state index contributed by atoms with van der Waals surface area (Å²) in [6.07, 6.45) is 9.59. The Kier molecular flexibility index (Phi) is 9.00. The molecular formula is C29H33F2N7O3. The van der Waals surface area contributed by atoms with Gasteiger partial charge in [0.1, 0.15) is 17.9 Å². The van der Waals surface area contributed by atoms with E-state index in [1.807, 2.05) is 18.2 Å². The third-order valence-corrected chi connectivity index (χ3v) is 7.35. The van der Waals surface area contributed by atoms with Crippen molar-refractivity contribution in [1.82, 2.24) is 24.6 Å². The Morgan fingerprint density at radius 3 is 2.93 bits per heavy atom. The van der Waals surface area contributed by atoms with Crippen molar-refractivity contribution < 1.29 is 23.4 Å². The lowest BCUT2D eigenvalue weighted by Gasteiger charge is -2.35. The molecule has 0 aliphatic carbocycles. The largest absolute Gasteiger partial charge is 0.493 e. The summed E-state index contributed by atoms with van der Waals surface area (Å²) >= 11 is 0. The van der Waals surface area contributed by atoms with Crippen LogP contribution in [0.3, 0.4) is 0 Å². The van der Waals surface area contributed by atoms with E-state index in [1.54, 1.807) is 0 Å². The van der Waals surface area contributed by atoms with Gasteiger partial charge in [-0.2, -0.15) is 5.10 Å². The fraction of sp³-hybridized carbons (Fsp3) is 0.379. The van der Waals surface area contributed by atoms with Gasteiger partial charge >= 0.3 is 0 Å². The molecule has 4 N–H and O–H groups in total. The van der Waals surface area contributed by atoms with Gasteiger partial charge in [0, 0.05) is 42.4 Å². The maximum atomic E-state index is 14.4. The van der Waals surface area contributed by atoms with Gasteiger partial charge in [-0.3, -0.25) is 9.48 Å². The number of benzene rings is 2. The third kappa shape index (κ3) is 6.60. The molecule has 1 aliphatic rings. The molecule has 2 aromatic carbocycles. The number of piperidine rings is 1. The van der Waals surface area contributed by atoms with Crippen LogP contribution in [0.5, 0.6) is 5.75 Å². The van der Waals surface area contributed by atoms with Crippen LogP contribution in [0.1, 0.15) is 43.7 Å². The highest BCUT2D eigenvalue weighted by molar-refractivity contribution is 5.91. The molecule has 12 heteroatoms. The Labute approximate surface area is 236 Å². The van der Waals surface area contributed by atoms with Crippen LogP contribution in [-0.2, 0) is 4.79 Å². The molecule has 3 heterocycles. The number of aliphatic hydroxyl groups is 1. The van der Waals surface area contributed by atoms with E-state index in [1.165, 1.54) is 48.4 Å². The topological polar surface area (TPSA) is 131 Å². The summed E-state index contributed by atoms with van der Waals surface area (Å²) in [5.74, 6) is -1.93. The number of primary amides is 1. The zero-order valence-corrected chi connectivity index (χ0v) is 22.5. The number of aliphatic hydroxyl groups excluding tert-OH is 1. The lowest BCUT2D eigenvalue weighted by atomic mass is 9.99. The Hall–Kier alpha value is -4.16. The summed E-state index contributed by atoms with van der Waals surface area (Å²) < 4.78 is 35.4. The summed E-state index contributed by atoms with van der Waals surface area (Å²) in [4.78, 5) is 23.3. The minimum Gasteiger partial charge on any atom is -0.493 e. The molecule has 0 spiro atoms. The predicted molar refractivity (Wildman–Crippen MR) is 150 cm³/mol. The van der Waals surface area contributed by atoms with Crippen LogP contribution in [0.25, 0.3) is 10.9 Å². The van der Waals surface area contributed by atoms with Crippen molar-refractivity contribution in [3.05, 3.63) is 72.3 Å². The number of aromatic nitrogens is 4. The fourth-order valence-electron chi connectivity index (χ4n) is 5.35. The van der Waals surface area contributed by atoms with Crippen LogP contribution < -0.4 is 15.8 Å². The number of rotatable bonds is 12. The van der Waals surface area contributed by atoms with Gasteiger partial charge in [0.2, 0.25) is 5.91 Å². The van der Waals surface area contributed by atoms with Crippen LogP contribution in [-0.4, -0.2) is 68.0 Å². The maximum Gasteiger partial charge on any atom is 0.247 e. The molecule has 0 saturated carbocycles. The summed E-state index contributed by atoms with van der Waals surface area (Å²) in [5, 5.41) is 17.4. The Morgan fingerprint density at radius 1 is 1.22 bits per heavy atom. The van der Waals surface area contributed by atoms with Crippen molar-refractivity contribution in [2.45, 2.75) is 44.2 Å². The Balaban J connectivity index is 1.24. The molecule has 4 aromatic rings. The summed E-state index contributed by atoms with van der Waals surface area (Å²) in [6.45, 7) is 2.79. The lowest BCUT2D eigenvalue weighted by Crippen LogP contribution is -2.40. The molecule has 216 valence electrons. The zero-order valence-electron chi connectivity index (χ0n) is 22.5. The normalized spacial score (nSPS) is 16.5. The third-order valence-electron chi connectivity index (χ3n) is 7.35. The molecule has 2 atom stereocenters. The summed E-state index contributed by atoms with van der Waals surface area (Å²) in [6, 6.07) is 8.24. The molecule has 41 heavy (non-hydrogen) atoms. The number of carbonyl (C=O) groups excluding carboxylic acids is 1. The predicted octanol–water partition coefficient (Wildman–Crippen LogP) is 3.93. The monoisotopic (exact) mass is 565 g/mol. The molecule has 10 nitrogen and oxygen atoms in total. The van der Waals surface area contributed by atoms with Crippen LogP contribution in [0.15, 0.2) is 55.1 Å². The van der Waals surface area contributed by atoms with Crippen molar-refractivity contribution in [2.75, 3.05) is 31.6 Å². The number of nitrogens with one attached hydrogen (secondary N) is 1. The van der Waals surface area contributed by atoms with Crippen LogP contribution >= 0.6 is 0 Å². The SMILES string of the molecule is NC(=O)C(c1cccc(F)c1F)n1cc(Nc2ncnc3cc(OCCCN4CCCC[C@@H]4CCO)ccc23)cn1. The molecule has 1 amide bonds. The molecule has 0 radical (unpaired) electrons. The molecule has 1 aliphatic heterocycles. The van der Waals surface area contributed by atoms with E-state index < -0.39 is 23.6 Å². The van der Waals surface area contributed by atoms with Gasteiger partial charge in [0.05, 0.1) is 24.0 Å². The second kappa shape index (κ2) is 13.0. The molecule has 5 rings (SSSR count). The summed E-state index contributed by atoms with van der Waals surface area (Å²) in [5.41, 5.74) is 6.44. The van der Waals surface area contributed by atoms with Crippen molar-refractivity contribution in [2.24, 2.45) is 5.73 Å². The fourth-order valence-corrected chi connectivity index (χ4v) is 5.35. The van der Waals surface area contributed by atoms with E-state index in [2.05, 4.69) is 25.3 Å². The van der Waals surface area contributed by atoms with Crippen LogP contribution in [0, 0.1) is 11.6 Å². The van der Waals surface area contributed by atoms with E-state index in [-0.39, 0.29) is 12.2 Å². The number of halogens is 2. The number of ether oxygens (including phenoxy) is 1. The highest BCUT2D eigenvalue weighted by atomic mass is 19.2. The maximum absolute atomic E-state index is 14.4. The Morgan fingerprint density at radius 2 is 2.10 bits per heavy atom. The molecule has 1 fully saturated rings. The van der Waals surface area contributed by atoms with E-state index in [0.717, 1.165) is 43.8 Å². The van der Waals surface area contributed by atoms with Gasteiger partial charge in [0.25, 0.3) is 0 Å². The molecule has 1 unspecified atom stereocenters. The van der Waals surface area contributed by atoms with Crippen molar-refractivity contribution in [3.8, 4) is 5.75 Å². The highest BCUT2D eigenvalue weighted by Gasteiger charge is 2.26. The number of likely N-dealkylation sites (tertiary alicyclic amines) is 1. The van der Waals surface area contributed by atoms with Gasteiger partial charge < -0.3 is 25.8 Å². The number of nitrogens with two attached hydrogens (primary N) is 1. The first kappa shape index (κ1) is 28.4. The smallest absolute Gasteiger partial charge is 0.247 e. The van der Waals surface area contributed by atoms with Crippen molar-refractivity contribution in [3.63, 3.8) is 0 Å². The number of fused-ring (bicyclic) bond motifs is 1. The first-order valence-electron chi connectivity index (χ1n) is 13.7. The van der Waals surface area contributed by atoms with Crippen molar-refractivity contribution >= 4 is 28.3 Å². The zero-order chi connectivity index (χ0) is 28.8. The lowest BCUT2D eigenvalue weighted by molar-refractivity contribution is -0.120. The Bertz CT molecular complexity index is 1500. The molecular weight excluding hydrogens is 532 g/mol. The minimum absolute atomic E-state index is 0.215. The minimum atomic E-state index is -1.33. The summed E-state index contributed by atoms with van der Waals surface area (Å²) in [7, 11) is 0. The van der Waals surface area contributed by atoms with E-state index >= 15 is 0 Å². The standard InChI is InChI=1S/C29H33F2N7O3/c30-24-7-3-6-23(26(24)31)27(28(32)40)38-17-19(16-35-38)36-29-22-9-8-21(15-25(22)33-18-34-29)41-14-4-12-37-11-2-1-5-20(37)10-13-39/h3,6-9,15-18,20,27,39H,1-2,4-5,10-14H2,(H2,32,40)(H,33,34,36)/t20-,27?/m1/s1. The average Bonchev–Trinajstić information content (AvgIpc) is 3.42. The number of nitrogens with zero attached hydrogens (tertiary/aromatic N) is 5. The number of anilines is 2. The van der Waals surface area contributed by atoms with Gasteiger partial charge in [-0.15, -0.1) is 0 Å². The van der Waals surface area contributed by atoms with E-state index in [0.29, 0.717) is 35.4 Å². The van der Waals surface area contributed by atoms with Gasteiger partial charge in [-0.1, -0.05) is 18.6 Å². The van der Waals surface area contributed by atoms with E-state index in [4.69, 9.17) is 10.5 Å². The first-order chi connectivity index (χ1) is 19.9. The van der Waals surface area contributed by atoms with E-state index in [9.17, 15) is 18.7 Å². The number of hydrogen-bond donors (Lipinski definition) is 3. The number of amides is 1. The second-order valence-electron chi connectivity index (χ2n) is 10.1. The van der Waals surface area contributed by atoms with Gasteiger partial charge in [0.15, 0.2) is 17.7 Å². The quantitative estimate of drug-likeness (QED) is 0.220. The molecule has 1 saturated heterocycles. The first-order valence-corrected chi connectivity index (χ1v) is 13.7. The second-order valence-corrected chi connectivity index (χ2v) is 10.1. The number of hydrogen-bond acceptors (Lipinski definition) is 8. The molecule has 2 aromatic heterocycles. The van der Waals surface area contributed by atoms with Crippen LogP contribution in [0.2, 0.25) is 0 Å². The van der Waals surface area contributed by atoms with Crippen LogP contribution in [0.4, 0.5) is 20.3 Å². The number of carbonyl (C=O) groups is 1. The molecule has 0 bridgehead atoms.